The van der Waals surface area contributed by atoms with Crippen LogP contribution < -0.4 is 20.1 Å². The van der Waals surface area contributed by atoms with Gasteiger partial charge in [0.25, 0.3) is 5.91 Å². The number of ether oxygens (including phenoxy) is 2. The number of carbonyl (C=O) groups is 1. The fourth-order valence-corrected chi connectivity index (χ4v) is 3.19. The van der Waals surface area contributed by atoms with Crippen LogP contribution in [0.1, 0.15) is 10.4 Å². The van der Waals surface area contributed by atoms with Crippen molar-refractivity contribution in [3.05, 3.63) is 90.5 Å². The summed E-state index contributed by atoms with van der Waals surface area (Å²) in [5.74, 6) is 1.71. The molecule has 5 rings (SSSR count). The Morgan fingerprint density at radius 2 is 1.55 bits per heavy atom. The number of hydrogen-bond acceptors (Lipinski definition) is 6. The van der Waals surface area contributed by atoms with Crippen LogP contribution in [-0.4, -0.2) is 22.9 Å². The maximum Gasteiger partial charge on any atom is 0.255 e. The van der Waals surface area contributed by atoms with Crippen LogP contribution in [0.25, 0.3) is 11.3 Å². The van der Waals surface area contributed by atoms with E-state index in [9.17, 15) is 4.79 Å². The van der Waals surface area contributed by atoms with Gasteiger partial charge in [0.2, 0.25) is 6.79 Å². The SMILES string of the molecule is O=C(Nc1ccc2c(c1)OCO2)c1ccc(Nc2ccc(-c3ccccc3)nn2)cc1. The largest absolute Gasteiger partial charge is 0.454 e. The minimum atomic E-state index is -0.211. The van der Waals surface area contributed by atoms with Gasteiger partial charge in [-0.3, -0.25) is 4.79 Å². The molecule has 0 bridgehead atoms. The summed E-state index contributed by atoms with van der Waals surface area (Å²) in [6, 6.07) is 26.1. The monoisotopic (exact) mass is 410 g/mol. The van der Waals surface area contributed by atoms with E-state index in [2.05, 4.69) is 20.8 Å². The summed E-state index contributed by atoms with van der Waals surface area (Å²) in [6.07, 6.45) is 0. The molecular weight excluding hydrogens is 392 g/mol. The van der Waals surface area contributed by atoms with Crippen molar-refractivity contribution in [1.29, 1.82) is 0 Å². The van der Waals surface area contributed by atoms with E-state index in [-0.39, 0.29) is 12.7 Å². The van der Waals surface area contributed by atoms with E-state index in [0.29, 0.717) is 28.6 Å². The summed E-state index contributed by atoms with van der Waals surface area (Å²) in [5.41, 5.74) is 3.81. The summed E-state index contributed by atoms with van der Waals surface area (Å²) >= 11 is 0. The van der Waals surface area contributed by atoms with E-state index in [1.807, 2.05) is 54.6 Å². The normalized spacial score (nSPS) is 11.7. The van der Waals surface area contributed by atoms with Crippen LogP contribution >= 0.6 is 0 Å². The standard InChI is InChI=1S/C24H18N4O3/c29-24(26-19-10-12-21-22(14-19)31-15-30-21)17-6-8-18(9-7-17)25-23-13-11-20(27-28-23)16-4-2-1-3-5-16/h1-14H,15H2,(H,25,28)(H,26,29). The number of fused-ring (bicyclic) bond motifs is 1. The molecule has 1 amide bonds. The number of hydrogen-bond donors (Lipinski definition) is 2. The number of aromatic nitrogens is 2. The van der Waals surface area contributed by atoms with Gasteiger partial charge in [0, 0.05) is 28.6 Å². The molecule has 3 aromatic carbocycles. The van der Waals surface area contributed by atoms with Crippen molar-refractivity contribution in [2.24, 2.45) is 0 Å². The Bertz CT molecular complexity index is 1210. The molecule has 1 aliphatic heterocycles. The Balaban J connectivity index is 1.23. The van der Waals surface area contributed by atoms with Gasteiger partial charge in [-0.1, -0.05) is 30.3 Å². The van der Waals surface area contributed by atoms with E-state index in [0.717, 1.165) is 16.9 Å². The molecule has 31 heavy (non-hydrogen) atoms. The lowest BCUT2D eigenvalue weighted by Gasteiger charge is -2.08. The summed E-state index contributed by atoms with van der Waals surface area (Å²) in [4.78, 5) is 12.5. The minimum Gasteiger partial charge on any atom is -0.454 e. The molecule has 7 nitrogen and oxygen atoms in total. The summed E-state index contributed by atoms with van der Waals surface area (Å²) < 4.78 is 10.6. The smallest absolute Gasteiger partial charge is 0.255 e. The zero-order valence-electron chi connectivity index (χ0n) is 16.4. The fourth-order valence-electron chi connectivity index (χ4n) is 3.19. The summed E-state index contributed by atoms with van der Waals surface area (Å²) in [5, 5.41) is 14.5. The number of anilines is 3. The first kappa shape index (κ1) is 18.6. The fraction of sp³-hybridized carbons (Fsp3) is 0.0417. The Morgan fingerprint density at radius 3 is 2.32 bits per heavy atom. The quantitative estimate of drug-likeness (QED) is 0.488. The van der Waals surface area contributed by atoms with E-state index < -0.39 is 0 Å². The van der Waals surface area contributed by atoms with Crippen LogP contribution in [0.2, 0.25) is 0 Å². The molecule has 0 spiro atoms. The molecule has 0 radical (unpaired) electrons. The Labute approximate surface area is 178 Å². The molecule has 2 N–H and O–H groups in total. The van der Waals surface area contributed by atoms with Crippen molar-refractivity contribution in [3.8, 4) is 22.8 Å². The highest BCUT2D eigenvalue weighted by atomic mass is 16.7. The molecule has 4 aromatic rings. The van der Waals surface area contributed by atoms with E-state index >= 15 is 0 Å². The van der Waals surface area contributed by atoms with Gasteiger partial charge in [-0.05, 0) is 48.5 Å². The number of carbonyl (C=O) groups excluding carboxylic acids is 1. The van der Waals surface area contributed by atoms with Crippen molar-refractivity contribution in [2.45, 2.75) is 0 Å². The van der Waals surface area contributed by atoms with Gasteiger partial charge in [0.05, 0.1) is 5.69 Å². The van der Waals surface area contributed by atoms with E-state index in [1.165, 1.54) is 0 Å². The van der Waals surface area contributed by atoms with Gasteiger partial charge in [0.15, 0.2) is 17.3 Å². The molecule has 1 aromatic heterocycles. The van der Waals surface area contributed by atoms with E-state index in [1.54, 1.807) is 30.3 Å². The number of rotatable bonds is 5. The van der Waals surface area contributed by atoms with Crippen molar-refractivity contribution in [2.75, 3.05) is 17.4 Å². The predicted octanol–water partition coefficient (Wildman–Crippen LogP) is 4.87. The van der Waals surface area contributed by atoms with E-state index in [4.69, 9.17) is 9.47 Å². The molecule has 0 fully saturated rings. The van der Waals surface area contributed by atoms with Crippen LogP contribution in [0.5, 0.6) is 11.5 Å². The summed E-state index contributed by atoms with van der Waals surface area (Å²) in [7, 11) is 0. The second kappa shape index (κ2) is 8.16. The van der Waals surface area contributed by atoms with Gasteiger partial charge >= 0.3 is 0 Å². The molecular formula is C24H18N4O3. The van der Waals surface area contributed by atoms with Crippen molar-refractivity contribution in [3.63, 3.8) is 0 Å². The minimum absolute atomic E-state index is 0.195. The number of nitrogens with zero attached hydrogens (tertiary/aromatic N) is 2. The van der Waals surface area contributed by atoms with Gasteiger partial charge in [-0.25, -0.2) is 0 Å². The zero-order valence-corrected chi connectivity index (χ0v) is 16.4. The highest BCUT2D eigenvalue weighted by Gasteiger charge is 2.14. The van der Waals surface area contributed by atoms with Gasteiger partial charge in [-0.15, -0.1) is 10.2 Å². The first-order valence-electron chi connectivity index (χ1n) is 9.72. The van der Waals surface area contributed by atoms with Gasteiger partial charge in [-0.2, -0.15) is 0 Å². The molecule has 2 heterocycles. The first-order valence-corrected chi connectivity index (χ1v) is 9.72. The van der Waals surface area contributed by atoms with Crippen LogP contribution in [0.4, 0.5) is 17.2 Å². The third-order valence-corrected chi connectivity index (χ3v) is 4.78. The Hall–Kier alpha value is -4.39. The number of nitrogens with one attached hydrogen (secondary N) is 2. The maximum absolute atomic E-state index is 12.5. The zero-order chi connectivity index (χ0) is 21.0. The second-order valence-electron chi connectivity index (χ2n) is 6.89. The number of amides is 1. The van der Waals surface area contributed by atoms with Crippen LogP contribution in [0.3, 0.4) is 0 Å². The second-order valence-corrected chi connectivity index (χ2v) is 6.89. The molecule has 7 heteroatoms. The lowest BCUT2D eigenvalue weighted by Crippen LogP contribution is -2.11. The summed E-state index contributed by atoms with van der Waals surface area (Å²) in [6.45, 7) is 0.195. The topological polar surface area (TPSA) is 85.4 Å². The lowest BCUT2D eigenvalue weighted by molar-refractivity contribution is 0.102. The average molecular weight is 410 g/mol. The van der Waals surface area contributed by atoms with Crippen LogP contribution in [-0.2, 0) is 0 Å². The van der Waals surface area contributed by atoms with Crippen LogP contribution in [0.15, 0.2) is 84.9 Å². The average Bonchev–Trinajstić information content (AvgIpc) is 3.29. The van der Waals surface area contributed by atoms with Gasteiger partial charge < -0.3 is 20.1 Å². The Morgan fingerprint density at radius 1 is 0.774 bits per heavy atom. The predicted molar refractivity (Wildman–Crippen MR) is 118 cm³/mol. The third kappa shape index (κ3) is 4.16. The molecule has 1 aliphatic rings. The van der Waals surface area contributed by atoms with Gasteiger partial charge in [0.1, 0.15) is 0 Å². The molecule has 0 aliphatic carbocycles. The molecule has 0 atom stereocenters. The maximum atomic E-state index is 12.5. The third-order valence-electron chi connectivity index (χ3n) is 4.78. The molecule has 152 valence electrons. The number of benzene rings is 3. The van der Waals surface area contributed by atoms with Crippen molar-refractivity contribution < 1.29 is 14.3 Å². The van der Waals surface area contributed by atoms with Crippen molar-refractivity contribution in [1.82, 2.24) is 10.2 Å². The molecule has 0 saturated heterocycles. The molecule has 0 saturated carbocycles. The van der Waals surface area contributed by atoms with Crippen molar-refractivity contribution >= 4 is 23.1 Å². The lowest BCUT2D eigenvalue weighted by atomic mass is 10.1. The highest BCUT2D eigenvalue weighted by Crippen LogP contribution is 2.34. The molecule has 0 unspecified atom stereocenters. The Kier molecular flexibility index (Phi) is 4.90. The first-order chi connectivity index (χ1) is 15.2. The highest BCUT2D eigenvalue weighted by molar-refractivity contribution is 6.04. The van der Waals surface area contributed by atoms with Crippen LogP contribution in [0, 0.1) is 0 Å².